The van der Waals surface area contributed by atoms with Crippen molar-refractivity contribution in [2.24, 2.45) is 0 Å². The normalized spacial score (nSPS) is 19.4. The largest absolute Gasteiger partial charge is 0.341 e. The highest BCUT2D eigenvalue weighted by molar-refractivity contribution is 7.88. The molecule has 9 heteroatoms. The van der Waals surface area contributed by atoms with E-state index in [0.29, 0.717) is 13.1 Å². The van der Waals surface area contributed by atoms with E-state index in [0.717, 1.165) is 30.7 Å². The molecule has 0 aliphatic carbocycles. The van der Waals surface area contributed by atoms with Crippen LogP contribution in [0.5, 0.6) is 0 Å². The number of nitrogens with one attached hydrogen (secondary N) is 1. The molecule has 1 fully saturated rings. The molecule has 0 unspecified atom stereocenters. The second-order valence-corrected chi connectivity index (χ2v) is 7.54. The molecule has 1 aliphatic rings. The molecule has 1 saturated heterocycles. The van der Waals surface area contributed by atoms with Gasteiger partial charge < -0.3 is 4.90 Å². The van der Waals surface area contributed by atoms with E-state index in [1.807, 2.05) is 18.5 Å². The highest BCUT2D eigenvalue weighted by atomic mass is 32.2. The minimum atomic E-state index is -3.25. The summed E-state index contributed by atoms with van der Waals surface area (Å²) in [7, 11) is -3.25. The number of amides is 1. The van der Waals surface area contributed by atoms with Crippen LogP contribution in [0.15, 0.2) is 0 Å². The van der Waals surface area contributed by atoms with Crippen LogP contribution in [0.4, 0.5) is 0 Å². The molecular weight excluding hydrogens is 306 g/mol. The Balaban J connectivity index is 1.93. The molecule has 2 heterocycles. The minimum absolute atomic E-state index is 0.0321. The van der Waals surface area contributed by atoms with Crippen LogP contribution >= 0.6 is 0 Å². The third-order valence-corrected chi connectivity index (χ3v) is 4.43. The maximum absolute atomic E-state index is 12.2. The molecule has 0 saturated carbocycles. The quantitative estimate of drug-likeness (QED) is 0.820. The van der Waals surface area contributed by atoms with E-state index in [1.54, 1.807) is 4.90 Å². The highest BCUT2D eigenvalue weighted by Gasteiger charge is 2.26. The van der Waals surface area contributed by atoms with Gasteiger partial charge in [-0.15, -0.1) is 0 Å². The van der Waals surface area contributed by atoms with Crippen LogP contribution in [-0.4, -0.2) is 59.9 Å². The first-order valence-corrected chi connectivity index (χ1v) is 9.27. The monoisotopic (exact) mass is 329 g/mol. The maximum Gasteiger partial charge on any atom is 0.223 e. The lowest BCUT2D eigenvalue weighted by molar-refractivity contribution is -0.132. The van der Waals surface area contributed by atoms with E-state index in [9.17, 15) is 13.2 Å². The molecule has 0 spiro atoms. The summed E-state index contributed by atoms with van der Waals surface area (Å²) in [5.74, 6) is 1.56. The molecule has 1 aliphatic heterocycles. The fourth-order valence-corrected chi connectivity index (χ4v) is 3.24. The third-order valence-electron chi connectivity index (χ3n) is 3.71. The standard InChI is InChI=1S/C13H23N5O3S/c1-10-15-11(2)18(16-10)12-5-4-8-17(9-12)13(19)6-7-14-22(3,20)21/h12,14H,4-9H2,1-3H3/t12-/m0/s1. The second kappa shape index (κ2) is 6.74. The van der Waals surface area contributed by atoms with Gasteiger partial charge in [-0.1, -0.05) is 0 Å². The van der Waals surface area contributed by atoms with E-state index < -0.39 is 10.0 Å². The summed E-state index contributed by atoms with van der Waals surface area (Å²) in [6.07, 6.45) is 3.14. The van der Waals surface area contributed by atoms with Crippen molar-refractivity contribution in [1.82, 2.24) is 24.4 Å². The number of carbonyl (C=O) groups excluding carboxylic acids is 1. The Labute approximate surface area is 130 Å². The maximum atomic E-state index is 12.2. The Hall–Kier alpha value is -1.48. The minimum Gasteiger partial charge on any atom is -0.341 e. The van der Waals surface area contributed by atoms with Gasteiger partial charge in [0.1, 0.15) is 11.6 Å². The molecule has 2 rings (SSSR count). The summed E-state index contributed by atoms with van der Waals surface area (Å²) in [5.41, 5.74) is 0. The van der Waals surface area contributed by atoms with Crippen LogP contribution in [-0.2, 0) is 14.8 Å². The SMILES string of the molecule is Cc1nc(C)n([C@H]2CCCN(C(=O)CCNS(C)(=O)=O)C2)n1. The number of sulfonamides is 1. The van der Waals surface area contributed by atoms with Crippen molar-refractivity contribution in [2.45, 2.75) is 39.2 Å². The van der Waals surface area contributed by atoms with Crippen molar-refractivity contribution in [3.05, 3.63) is 11.6 Å². The summed E-state index contributed by atoms with van der Waals surface area (Å²) in [6.45, 7) is 5.21. The Morgan fingerprint density at radius 1 is 1.41 bits per heavy atom. The predicted octanol–water partition coefficient (Wildman–Crippen LogP) is -0.00226. The molecule has 0 radical (unpaired) electrons. The Morgan fingerprint density at radius 3 is 2.73 bits per heavy atom. The molecule has 1 aromatic heterocycles. The predicted molar refractivity (Wildman–Crippen MR) is 81.8 cm³/mol. The molecule has 1 amide bonds. The molecule has 22 heavy (non-hydrogen) atoms. The summed E-state index contributed by atoms with van der Waals surface area (Å²) in [4.78, 5) is 18.3. The number of nitrogens with zero attached hydrogens (tertiary/aromatic N) is 4. The number of hydrogen-bond acceptors (Lipinski definition) is 5. The number of aryl methyl sites for hydroxylation is 2. The molecule has 1 atom stereocenters. The van der Waals surface area contributed by atoms with E-state index in [2.05, 4.69) is 14.8 Å². The number of piperidine rings is 1. The first-order chi connectivity index (χ1) is 10.3. The van der Waals surface area contributed by atoms with Gasteiger partial charge >= 0.3 is 0 Å². The van der Waals surface area contributed by atoms with Crippen LogP contribution in [0.1, 0.15) is 37.0 Å². The van der Waals surface area contributed by atoms with Gasteiger partial charge in [0, 0.05) is 26.1 Å². The van der Waals surface area contributed by atoms with Crippen LogP contribution in [0.3, 0.4) is 0 Å². The van der Waals surface area contributed by atoms with Gasteiger partial charge in [-0.2, -0.15) is 5.10 Å². The Morgan fingerprint density at radius 2 is 2.14 bits per heavy atom. The molecule has 8 nitrogen and oxygen atoms in total. The lowest BCUT2D eigenvalue weighted by atomic mass is 10.1. The lowest BCUT2D eigenvalue weighted by Gasteiger charge is -2.33. The lowest BCUT2D eigenvalue weighted by Crippen LogP contribution is -2.42. The average molecular weight is 329 g/mol. The van der Waals surface area contributed by atoms with Gasteiger partial charge in [-0.05, 0) is 26.7 Å². The van der Waals surface area contributed by atoms with Gasteiger partial charge in [0.2, 0.25) is 15.9 Å². The number of aromatic nitrogens is 3. The van der Waals surface area contributed by atoms with Gasteiger partial charge in [0.05, 0.1) is 12.3 Å². The van der Waals surface area contributed by atoms with Crippen molar-refractivity contribution < 1.29 is 13.2 Å². The van der Waals surface area contributed by atoms with Crippen LogP contribution in [0.25, 0.3) is 0 Å². The van der Waals surface area contributed by atoms with Crippen LogP contribution in [0, 0.1) is 13.8 Å². The molecule has 0 aromatic carbocycles. The van der Waals surface area contributed by atoms with E-state index in [1.165, 1.54) is 0 Å². The Kier molecular flexibility index (Phi) is 5.17. The van der Waals surface area contributed by atoms with E-state index in [-0.39, 0.29) is 24.9 Å². The zero-order valence-electron chi connectivity index (χ0n) is 13.2. The van der Waals surface area contributed by atoms with E-state index in [4.69, 9.17) is 0 Å². The van der Waals surface area contributed by atoms with E-state index >= 15 is 0 Å². The van der Waals surface area contributed by atoms with Crippen LogP contribution in [0.2, 0.25) is 0 Å². The highest BCUT2D eigenvalue weighted by Crippen LogP contribution is 2.22. The van der Waals surface area contributed by atoms with Gasteiger partial charge in [0.25, 0.3) is 0 Å². The number of likely N-dealkylation sites (tertiary alicyclic amines) is 1. The third kappa shape index (κ3) is 4.51. The fourth-order valence-electron chi connectivity index (χ4n) is 2.76. The molecular formula is C13H23N5O3S. The second-order valence-electron chi connectivity index (χ2n) is 5.70. The Bertz CT molecular complexity index is 640. The molecule has 124 valence electrons. The van der Waals surface area contributed by atoms with Gasteiger partial charge in [-0.3, -0.25) is 4.79 Å². The van der Waals surface area contributed by atoms with Crippen molar-refractivity contribution in [2.75, 3.05) is 25.9 Å². The zero-order chi connectivity index (χ0) is 16.3. The number of carbonyl (C=O) groups is 1. The van der Waals surface area contributed by atoms with Crippen LogP contribution < -0.4 is 4.72 Å². The first kappa shape index (κ1) is 16.9. The first-order valence-electron chi connectivity index (χ1n) is 7.38. The van der Waals surface area contributed by atoms with Gasteiger partial charge in [0.15, 0.2) is 0 Å². The van der Waals surface area contributed by atoms with Gasteiger partial charge in [-0.25, -0.2) is 22.8 Å². The molecule has 0 bridgehead atoms. The smallest absolute Gasteiger partial charge is 0.223 e. The van der Waals surface area contributed by atoms with Crippen molar-refractivity contribution in [3.63, 3.8) is 0 Å². The number of rotatable bonds is 5. The van der Waals surface area contributed by atoms with Crippen molar-refractivity contribution in [3.8, 4) is 0 Å². The topological polar surface area (TPSA) is 97.2 Å². The summed E-state index contributed by atoms with van der Waals surface area (Å²) in [6, 6.07) is 0.141. The average Bonchev–Trinajstić information content (AvgIpc) is 2.76. The summed E-state index contributed by atoms with van der Waals surface area (Å²) in [5, 5.41) is 4.40. The molecule has 1 N–H and O–H groups in total. The number of hydrogen-bond donors (Lipinski definition) is 1. The fraction of sp³-hybridized carbons (Fsp3) is 0.769. The van der Waals surface area contributed by atoms with Crippen molar-refractivity contribution in [1.29, 1.82) is 0 Å². The summed E-state index contributed by atoms with van der Waals surface area (Å²) >= 11 is 0. The van der Waals surface area contributed by atoms with Crippen molar-refractivity contribution >= 4 is 15.9 Å². The zero-order valence-corrected chi connectivity index (χ0v) is 14.1. The summed E-state index contributed by atoms with van der Waals surface area (Å²) < 4.78 is 26.3. The molecule has 1 aromatic rings.